The van der Waals surface area contributed by atoms with Crippen molar-refractivity contribution >= 4 is 11.8 Å². The third-order valence-corrected chi connectivity index (χ3v) is 7.74. The van der Waals surface area contributed by atoms with Crippen LogP contribution in [0.2, 0.25) is 0 Å². The summed E-state index contributed by atoms with van der Waals surface area (Å²) in [7, 11) is 0. The first-order chi connectivity index (χ1) is 10.8. The highest BCUT2D eigenvalue weighted by molar-refractivity contribution is 6.05. The quantitative estimate of drug-likeness (QED) is 0.730. The lowest BCUT2D eigenvalue weighted by atomic mass is 9.50. The van der Waals surface area contributed by atoms with Gasteiger partial charge >= 0.3 is 5.97 Å². The summed E-state index contributed by atoms with van der Waals surface area (Å²) in [6, 6.07) is 0. The Morgan fingerprint density at radius 1 is 1.26 bits per heavy atom. The highest BCUT2D eigenvalue weighted by atomic mass is 16.4. The molecule has 0 radical (unpaired) electrons. The van der Waals surface area contributed by atoms with Crippen molar-refractivity contribution in [1.29, 1.82) is 0 Å². The van der Waals surface area contributed by atoms with Gasteiger partial charge in [0.15, 0.2) is 5.78 Å². The summed E-state index contributed by atoms with van der Waals surface area (Å²) in [5, 5.41) is 13.0. The normalized spacial score (nSPS) is 48.6. The molecule has 2 saturated carbocycles. The van der Waals surface area contributed by atoms with Crippen LogP contribution in [0.4, 0.5) is 0 Å². The van der Waals surface area contributed by atoms with E-state index in [0.717, 1.165) is 18.2 Å². The monoisotopic (exact) mass is 317 g/mol. The molecule has 0 amide bonds. The van der Waals surface area contributed by atoms with Crippen LogP contribution in [0.3, 0.4) is 0 Å². The molecule has 2 N–H and O–H groups in total. The molecule has 23 heavy (non-hydrogen) atoms. The fraction of sp³-hybridized carbons (Fsp3) is 0.789. The molecule has 0 aromatic heterocycles. The van der Waals surface area contributed by atoms with Crippen LogP contribution in [0.25, 0.3) is 0 Å². The molecule has 4 nitrogen and oxygen atoms in total. The van der Waals surface area contributed by atoms with E-state index in [1.165, 1.54) is 32.1 Å². The zero-order chi connectivity index (χ0) is 16.4. The van der Waals surface area contributed by atoms with Crippen molar-refractivity contribution in [1.82, 2.24) is 5.32 Å². The number of carboxylic acid groups (broad SMARTS) is 1. The van der Waals surface area contributed by atoms with Gasteiger partial charge in [-0.2, -0.15) is 0 Å². The van der Waals surface area contributed by atoms with Gasteiger partial charge in [0.1, 0.15) is 5.92 Å². The number of rotatable bonds is 1. The number of fused-ring (bicyclic) bond motifs is 5. The molecule has 1 heterocycles. The van der Waals surface area contributed by atoms with E-state index >= 15 is 0 Å². The molecule has 0 aromatic rings. The number of piperidine rings is 1. The molecule has 6 atom stereocenters. The van der Waals surface area contributed by atoms with Crippen LogP contribution in [-0.2, 0) is 9.59 Å². The van der Waals surface area contributed by atoms with E-state index < -0.39 is 11.9 Å². The van der Waals surface area contributed by atoms with Crippen molar-refractivity contribution in [2.45, 2.75) is 52.4 Å². The van der Waals surface area contributed by atoms with Gasteiger partial charge in [0.2, 0.25) is 0 Å². The zero-order valence-electron chi connectivity index (χ0n) is 14.1. The van der Waals surface area contributed by atoms with E-state index in [1.54, 1.807) is 6.08 Å². The molecule has 3 fully saturated rings. The molecule has 3 aliphatic carbocycles. The van der Waals surface area contributed by atoms with Crippen molar-refractivity contribution in [3.8, 4) is 0 Å². The molecule has 4 heteroatoms. The number of carboxylic acids is 1. The maximum atomic E-state index is 12.1. The first-order valence-corrected chi connectivity index (χ1v) is 9.08. The number of carbonyl (C=O) groups excluding carboxylic acids is 1. The number of nitrogens with one attached hydrogen (secondary N) is 1. The Hall–Kier alpha value is -1.32. The highest BCUT2D eigenvalue weighted by Crippen LogP contribution is 2.62. The summed E-state index contributed by atoms with van der Waals surface area (Å²) in [6.07, 6.45) is 8.49. The number of hydrogen-bond donors (Lipinski definition) is 2. The van der Waals surface area contributed by atoms with Crippen molar-refractivity contribution in [3.63, 3.8) is 0 Å². The van der Waals surface area contributed by atoms with Crippen LogP contribution >= 0.6 is 0 Å². The number of ketones is 1. The summed E-state index contributed by atoms with van der Waals surface area (Å²) in [6.45, 7) is 5.61. The predicted molar refractivity (Wildman–Crippen MR) is 86.6 cm³/mol. The first kappa shape index (κ1) is 15.2. The van der Waals surface area contributed by atoms with Gasteiger partial charge in [-0.05, 0) is 55.3 Å². The number of allylic oxidation sites excluding steroid dienone is 2. The maximum Gasteiger partial charge on any atom is 0.314 e. The van der Waals surface area contributed by atoms with Crippen molar-refractivity contribution in [2.24, 2.45) is 34.5 Å². The zero-order valence-corrected chi connectivity index (χ0v) is 14.1. The number of aliphatic carboxylic acids is 1. The summed E-state index contributed by atoms with van der Waals surface area (Å²) in [4.78, 5) is 23.6. The smallest absolute Gasteiger partial charge is 0.314 e. The standard InChI is InChI=1S/C19H27NO3/c1-18-6-3-4-13(18)12-10-20-16-8-15(21)11(17(22)23)9-19(16,2)14(12)5-7-18/h8,11-14,20H,3-7,9-10H2,1-2H3,(H,22,23)/t11?,12-,13-,14-,18-,19+/m0/s1. The Labute approximate surface area is 137 Å². The Kier molecular flexibility index (Phi) is 3.20. The lowest BCUT2D eigenvalue weighted by molar-refractivity contribution is -0.148. The molecule has 1 unspecified atom stereocenters. The maximum absolute atomic E-state index is 12.1. The Bertz CT molecular complexity index is 597. The second-order valence-electron chi connectivity index (χ2n) is 8.82. The van der Waals surface area contributed by atoms with E-state index in [0.29, 0.717) is 23.7 Å². The second-order valence-corrected chi connectivity index (χ2v) is 8.82. The molecule has 4 aliphatic rings. The molecule has 1 saturated heterocycles. The summed E-state index contributed by atoms with van der Waals surface area (Å²) < 4.78 is 0. The minimum Gasteiger partial charge on any atom is -0.481 e. The van der Waals surface area contributed by atoms with Gasteiger partial charge in [-0.3, -0.25) is 9.59 Å². The van der Waals surface area contributed by atoms with Crippen LogP contribution in [0.5, 0.6) is 0 Å². The van der Waals surface area contributed by atoms with E-state index in [-0.39, 0.29) is 11.2 Å². The number of carbonyl (C=O) groups is 2. The molecule has 4 rings (SSSR count). The molecular weight excluding hydrogens is 290 g/mol. The molecule has 0 aromatic carbocycles. The van der Waals surface area contributed by atoms with Gasteiger partial charge in [-0.1, -0.05) is 20.3 Å². The van der Waals surface area contributed by atoms with Crippen LogP contribution in [0.1, 0.15) is 52.4 Å². The third kappa shape index (κ3) is 2.03. The van der Waals surface area contributed by atoms with Crippen LogP contribution in [0.15, 0.2) is 11.8 Å². The summed E-state index contributed by atoms with van der Waals surface area (Å²) in [5.74, 6) is -0.163. The molecule has 1 aliphatic heterocycles. The van der Waals surface area contributed by atoms with E-state index in [1.807, 2.05) is 0 Å². The lowest BCUT2D eigenvalue weighted by Crippen LogP contribution is -2.57. The summed E-state index contributed by atoms with van der Waals surface area (Å²) in [5.41, 5.74) is 1.31. The highest BCUT2D eigenvalue weighted by Gasteiger charge is 2.58. The molecular formula is C19H27NO3. The average molecular weight is 317 g/mol. The van der Waals surface area contributed by atoms with Gasteiger partial charge < -0.3 is 10.4 Å². The Morgan fingerprint density at radius 2 is 2.04 bits per heavy atom. The van der Waals surface area contributed by atoms with Crippen molar-refractivity contribution in [3.05, 3.63) is 11.8 Å². The number of hydrogen-bond acceptors (Lipinski definition) is 3. The Balaban J connectivity index is 1.70. The van der Waals surface area contributed by atoms with Crippen LogP contribution < -0.4 is 5.32 Å². The second kappa shape index (κ2) is 4.84. The van der Waals surface area contributed by atoms with Crippen molar-refractivity contribution < 1.29 is 14.7 Å². The third-order valence-electron chi connectivity index (χ3n) is 7.74. The Morgan fingerprint density at radius 3 is 2.78 bits per heavy atom. The average Bonchev–Trinajstić information content (AvgIpc) is 2.89. The van der Waals surface area contributed by atoms with Crippen LogP contribution in [0, 0.1) is 34.5 Å². The summed E-state index contributed by atoms with van der Waals surface area (Å²) >= 11 is 0. The fourth-order valence-electron chi connectivity index (χ4n) is 6.44. The minimum absolute atomic E-state index is 0.177. The van der Waals surface area contributed by atoms with Gasteiger partial charge in [-0.15, -0.1) is 0 Å². The molecule has 126 valence electrons. The topological polar surface area (TPSA) is 66.4 Å². The fourth-order valence-corrected chi connectivity index (χ4v) is 6.44. The largest absolute Gasteiger partial charge is 0.481 e. The van der Waals surface area contributed by atoms with E-state index in [9.17, 15) is 14.7 Å². The first-order valence-electron chi connectivity index (χ1n) is 9.08. The molecule has 0 spiro atoms. The molecule has 0 bridgehead atoms. The van der Waals surface area contributed by atoms with Gasteiger partial charge in [0, 0.05) is 23.7 Å². The van der Waals surface area contributed by atoms with E-state index in [4.69, 9.17) is 0 Å². The van der Waals surface area contributed by atoms with Gasteiger partial charge in [0.05, 0.1) is 0 Å². The van der Waals surface area contributed by atoms with Gasteiger partial charge in [-0.25, -0.2) is 0 Å². The van der Waals surface area contributed by atoms with Gasteiger partial charge in [0.25, 0.3) is 0 Å². The van der Waals surface area contributed by atoms with E-state index in [2.05, 4.69) is 19.2 Å². The predicted octanol–water partition coefficient (Wildman–Crippen LogP) is 2.99. The van der Waals surface area contributed by atoms with Crippen molar-refractivity contribution in [2.75, 3.05) is 6.54 Å². The van der Waals surface area contributed by atoms with Crippen LogP contribution in [-0.4, -0.2) is 23.4 Å². The lowest BCUT2D eigenvalue weighted by Gasteiger charge is -2.57. The SMILES string of the molecule is C[C@@]12CCC[C@H]1[C@@H]1CNC3=CC(=O)C(C(=O)O)C[C@]3(C)[C@H]1CC2. The minimum atomic E-state index is -0.963.